The van der Waals surface area contributed by atoms with Crippen LogP contribution in [0, 0.1) is 6.92 Å². The van der Waals surface area contributed by atoms with Crippen molar-refractivity contribution in [1.29, 1.82) is 0 Å². The normalized spacial score (nSPS) is 10.8. The van der Waals surface area contributed by atoms with Crippen LogP contribution in [0.5, 0.6) is 0 Å². The molecule has 1 aromatic heterocycles. The molecule has 0 aliphatic rings. The van der Waals surface area contributed by atoms with E-state index in [0.717, 1.165) is 24.1 Å². The van der Waals surface area contributed by atoms with Crippen LogP contribution in [0.25, 0.3) is 10.9 Å². The van der Waals surface area contributed by atoms with Crippen molar-refractivity contribution in [2.24, 2.45) is 0 Å². The van der Waals surface area contributed by atoms with Gasteiger partial charge in [0.05, 0.1) is 0 Å². The highest BCUT2D eigenvalue weighted by atomic mass is 16.1. The smallest absolute Gasteiger partial charge is 0.251 e. The lowest BCUT2D eigenvalue weighted by atomic mass is 10.1. The minimum atomic E-state index is 0.000985. The Morgan fingerprint density at radius 3 is 2.82 bits per heavy atom. The number of aryl methyl sites for hydroxylation is 2. The van der Waals surface area contributed by atoms with Gasteiger partial charge in [-0.1, -0.05) is 35.9 Å². The first-order valence-corrected chi connectivity index (χ1v) is 7.63. The van der Waals surface area contributed by atoms with Gasteiger partial charge in [0.15, 0.2) is 0 Å². The van der Waals surface area contributed by atoms with Crippen LogP contribution in [-0.4, -0.2) is 17.0 Å². The molecular weight excluding hydrogens is 272 g/mol. The maximum atomic E-state index is 12.1. The van der Waals surface area contributed by atoms with Gasteiger partial charge in [0, 0.05) is 30.4 Å². The van der Waals surface area contributed by atoms with Gasteiger partial charge >= 0.3 is 0 Å². The van der Waals surface area contributed by atoms with E-state index in [2.05, 4.69) is 46.4 Å². The number of rotatable bonds is 5. The molecule has 0 bridgehead atoms. The van der Waals surface area contributed by atoms with Crippen molar-refractivity contribution in [3.05, 3.63) is 71.9 Å². The van der Waals surface area contributed by atoms with Gasteiger partial charge in [-0.3, -0.25) is 4.79 Å². The van der Waals surface area contributed by atoms with Gasteiger partial charge in [-0.25, -0.2) is 0 Å². The Morgan fingerprint density at radius 1 is 1.09 bits per heavy atom. The van der Waals surface area contributed by atoms with Gasteiger partial charge in [-0.2, -0.15) is 0 Å². The molecule has 0 spiro atoms. The van der Waals surface area contributed by atoms with Gasteiger partial charge < -0.3 is 9.88 Å². The fourth-order valence-corrected chi connectivity index (χ4v) is 2.68. The summed E-state index contributed by atoms with van der Waals surface area (Å²) >= 11 is 0. The minimum absolute atomic E-state index is 0.000985. The number of para-hydroxylation sites is 1. The second-order valence-corrected chi connectivity index (χ2v) is 5.55. The van der Waals surface area contributed by atoms with Crippen LogP contribution in [0.4, 0.5) is 0 Å². The molecule has 0 radical (unpaired) electrons. The molecule has 3 aromatic rings. The highest BCUT2D eigenvalue weighted by molar-refractivity contribution is 5.94. The lowest BCUT2D eigenvalue weighted by molar-refractivity contribution is 0.0952. The van der Waals surface area contributed by atoms with Gasteiger partial charge in [0.1, 0.15) is 0 Å². The van der Waals surface area contributed by atoms with E-state index in [1.54, 1.807) is 0 Å². The summed E-state index contributed by atoms with van der Waals surface area (Å²) in [7, 11) is 0. The monoisotopic (exact) mass is 292 g/mol. The van der Waals surface area contributed by atoms with E-state index < -0.39 is 0 Å². The van der Waals surface area contributed by atoms with Crippen LogP contribution in [0.3, 0.4) is 0 Å². The third-order valence-corrected chi connectivity index (χ3v) is 3.82. The Labute approximate surface area is 130 Å². The molecular formula is C19H20N2O. The number of aromatic nitrogens is 1. The summed E-state index contributed by atoms with van der Waals surface area (Å²) in [6, 6.07) is 18.1. The molecule has 2 aromatic carbocycles. The minimum Gasteiger partial charge on any atom is -0.352 e. The number of hydrogen-bond acceptors (Lipinski definition) is 1. The summed E-state index contributed by atoms with van der Waals surface area (Å²) in [5, 5.41) is 4.24. The van der Waals surface area contributed by atoms with Crippen molar-refractivity contribution in [2.45, 2.75) is 19.9 Å². The largest absolute Gasteiger partial charge is 0.352 e. The number of amides is 1. The van der Waals surface area contributed by atoms with Crippen LogP contribution in [0.15, 0.2) is 60.8 Å². The molecule has 3 heteroatoms. The SMILES string of the molecule is Cc1cccc(C(=O)NCCCn2ccc3ccccc32)c1. The van der Waals surface area contributed by atoms with Crippen molar-refractivity contribution in [3.63, 3.8) is 0 Å². The number of benzene rings is 2. The zero-order chi connectivity index (χ0) is 15.4. The summed E-state index contributed by atoms with van der Waals surface area (Å²) in [6.07, 6.45) is 3.02. The molecule has 0 atom stereocenters. The topological polar surface area (TPSA) is 34.0 Å². The number of carbonyl (C=O) groups is 1. The molecule has 3 rings (SSSR count). The molecule has 0 unspecified atom stereocenters. The number of hydrogen-bond donors (Lipinski definition) is 1. The zero-order valence-electron chi connectivity index (χ0n) is 12.8. The number of fused-ring (bicyclic) bond motifs is 1. The second kappa shape index (κ2) is 6.48. The van der Waals surface area contributed by atoms with E-state index in [4.69, 9.17) is 0 Å². The predicted octanol–water partition coefficient (Wildman–Crippen LogP) is 3.77. The third kappa shape index (κ3) is 3.19. The Bertz CT molecular complexity index is 789. The Hall–Kier alpha value is -2.55. The molecule has 0 saturated heterocycles. The summed E-state index contributed by atoms with van der Waals surface area (Å²) in [5.74, 6) is 0.000985. The van der Waals surface area contributed by atoms with Gasteiger partial charge in [0.2, 0.25) is 0 Å². The molecule has 0 saturated carbocycles. The zero-order valence-corrected chi connectivity index (χ0v) is 12.8. The Morgan fingerprint density at radius 2 is 1.95 bits per heavy atom. The maximum Gasteiger partial charge on any atom is 0.251 e. The average Bonchev–Trinajstić information content (AvgIpc) is 2.95. The van der Waals surface area contributed by atoms with Crippen LogP contribution in [0.1, 0.15) is 22.3 Å². The lowest BCUT2D eigenvalue weighted by Gasteiger charge is -2.08. The van der Waals surface area contributed by atoms with Gasteiger partial charge in [-0.15, -0.1) is 0 Å². The highest BCUT2D eigenvalue weighted by Gasteiger charge is 2.04. The van der Waals surface area contributed by atoms with Crippen molar-refractivity contribution in [2.75, 3.05) is 6.54 Å². The molecule has 1 amide bonds. The molecule has 0 aliphatic carbocycles. The molecule has 1 heterocycles. The van der Waals surface area contributed by atoms with E-state index in [1.165, 1.54) is 10.9 Å². The van der Waals surface area contributed by atoms with Gasteiger partial charge in [-0.05, 0) is 43.0 Å². The van der Waals surface area contributed by atoms with E-state index in [9.17, 15) is 4.79 Å². The van der Waals surface area contributed by atoms with Crippen LogP contribution in [-0.2, 0) is 6.54 Å². The molecule has 112 valence electrons. The van der Waals surface area contributed by atoms with E-state index in [0.29, 0.717) is 6.54 Å². The van der Waals surface area contributed by atoms with Crippen molar-refractivity contribution in [1.82, 2.24) is 9.88 Å². The van der Waals surface area contributed by atoms with Crippen LogP contribution in [0.2, 0.25) is 0 Å². The number of nitrogens with zero attached hydrogens (tertiary/aromatic N) is 1. The Balaban J connectivity index is 1.52. The molecule has 22 heavy (non-hydrogen) atoms. The predicted molar refractivity (Wildman–Crippen MR) is 90.1 cm³/mol. The lowest BCUT2D eigenvalue weighted by Crippen LogP contribution is -2.25. The second-order valence-electron chi connectivity index (χ2n) is 5.55. The maximum absolute atomic E-state index is 12.1. The van der Waals surface area contributed by atoms with Gasteiger partial charge in [0.25, 0.3) is 5.91 Å². The standard InChI is InChI=1S/C19H20N2O/c1-15-6-4-8-17(14-15)19(22)20-11-5-12-21-13-10-16-7-2-3-9-18(16)21/h2-4,6-10,13-14H,5,11-12H2,1H3,(H,20,22). The van der Waals surface area contributed by atoms with E-state index in [1.807, 2.05) is 31.2 Å². The Kier molecular flexibility index (Phi) is 4.24. The van der Waals surface area contributed by atoms with E-state index in [-0.39, 0.29) is 5.91 Å². The summed E-state index contributed by atoms with van der Waals surface area (Å²) in [5.41, 5.74) is 3.07. The average molecular weight is 292 g/mol. The van der Waals surface area contributed by atoms with Crippen LogP contribution >= 0.6 is 0 Å². The number of nitrogens with one attached hydrogen (secondary N) is 1. The first-order chi connectivity index (χ1) is 10.7. The van der Waals surface area contributed by atoms with Crippen molar-refractivity contribution in [3.8, 4) is 0 Å². The van der Waals surface area contributed by atoms with Crippen molar-refractivity contribution >= 4 is 16.8 Å². The highest BCUT2D eigenvalue weighted by Crippen LogP contribution is 2.15. The fourth-order valence-electron chi connectivity index (χ4n) is 2.68. The van der Waals surface area contributed by atoms with E-state index >= 15 is 0 Å². The molecule has 1 N–H and O–H groups in total. The van der Waals surface area contributed by atoms with Crippen LogP contribution < -0.4 is 5.32 Å². The molecule has 3 nitrogen and oxygen atoms in total. The van der Waals surface area contributed by atoms with Crippen molar-refractivity contribution < 1.29 is 4.79 Å². The first kappa shape index (κ1) is 14.4. The molecule has 0 aliphatic heterocycles. The number of carbonyl (C=O) groups excluding carboxylic acids is 1. The quantitative estimate of drug-likeness (QED) is 0.714. The fraction of sp³-hybridized carbons (Fsp3) is 0.211. The molecule has 0 fully saturated rings. The third-order valence-electron chi connectivity index (χ3n) is 3.82. The summed E-state index contributed by atoms with van der Waals surface area (Å²) in [4.78, 5) is 12.1. The summed E-state index contributed by atoms with van der Waals surface area (Å²) in [6.45, 7) is 3.58. The first-order valence-electron chi connectivity index (χ1n) is 7.63. The summed E-state index contributed by atoms with van der Waals surface area (Å²) < 4.78 is 2.23.